The monoisotopic (exact) mass is 198 g/mol. The third kappa shape index (κ3) is 4.03. The molecule has 3 atom stereocenters. The van der Waals surface area contributed by atoms with Crippen LogP contribution in [0.25, 0.3) is 0 Å². The predicted molar refractivity (Wildman–Crippen MR) is 58.1 cm³/mol. The van der Waals surface area contributed by atoms with Gasteiger partial charge in [0.25, 0.3) is 0 Å². The van der Waals surface area contributed by atoms with E-state index >= 15 is 0 Å². The van der Waals surface area contributed by atoms with Gasteiger partial charge in [0.05, 0.1) is 0 Å². The van der Waals surface area contributed by atoms with Crippen LogP contribution in [0.3, 0.4) is 0 Å². The van der Waals surface area contributed by atoms with Crippen molar-refractivity contribution in [1.29, 1.82) is 0 Å². The standard InChI is InChI=1S/C12H22O2/c1-6-8(2)12(11(5)14)9(3)7-10(4)13/h8-9,12H,6-7H2,1-5H3. The van der Waals surface area contributed by atoms with Gasteiger partial charge in [-0.1, -0.05) is 27.2 Å². The first-order chi connectivity index (χ1) is 6.40. The molecule has 14 heavy (non-hydrogen) atoms. The molecule has 0 aliphatic heterocycles. The van der Waals surface area contributed by atoms with Gasteiger partial charge in [-0.2, -0.15) is 0 Å². The van der Waals surface area contributed by atoms with Gasteiger partial charge in [0.1, 0.15) is 11.6 Å². The summed E-state index contributed by atoms with van der Waals surface area (Å²) in [7, 11) is 0. The molecule has 0 saturated carbocycles. The summed E-state index contributed by atoms with van der Waals surface area (Å²) in [6, 6.07) is 0. The van der Waals surface area contributed by atoms with E-state index < -0.39 is 0 Å². The molecule has 82 valence electrons. The summed E-state index contributed by atoms with van der Waals surface area (Å²) in [4.78, 5) is 22.4. The lowest BCUT2D eigenvalue weighted by Gasteiger charge is -2.26. The van der Waals surface area contributed by atoms with Crippen molar-refractivity contribution in [2.45, 2.75) is 47.5 Å². The topological polar surface area (TPSA) is 34.1 Å². The van der Waals surface area contributed by atoms with Crippen LogP contribution in [0.5, 0.6) is 0 Å². The summed E-state index contributed by atoms with van der Waals surface area (Å²) in [5, 5.41) is 0. The Labute approximate surface area is 87.1 Å². The fourth-order valence-electron chi connectivity index (χ4n) is 2.20. The number of carbonyl (C=O) groups is 2. The quantitative estimate of drug-likeness (QED) is 0.657. The molecular weight excluding hydrogens is 176 g/mol. The smallest absolute Gasteiger partial charge is 0.133 e. The first-order valence-corrected chi connectivity index (χ1v) is 5.40. The first-order valence-electron chi connectivity index (χ1n) is 5.40. The minimum Gasteiger partial charge on any atom is -0.300 e. The molecule has 0 heterocycles. The van der Waals surface area contributed by atoms with Gasteiger partial charge in [0.2, 0.25) is 0 Å². The zero-order valence-electron chi connectivity index (χ0n) is 9.96. The summed E-state index contributed by atoms with van der Waals surface area (Å²) in [6.07, 6.45) is 1.51. The number of Topliss-reactive ketones (excluding diaryl/α,β-unsaturated/α-hetero) is 2. The van der Waals surface area contributed by atoms with Crippen molar-refractivity contribution >= 4 is 11.6 Å². The van der Waals surface area contributed by atoms with Crippen molar-refractivity contribution < 1.29 is 9.59 Å². The van der Waals surface area contributed by atoms with Crippen molar-refractivity contribution in [2.24, 2.45) is 17.8 Å². The van der Waals surface area contributed by atoms with E-state index in [1.165, 1.54) is 0 Å². The number of hydrogen-bond donors (Lipinski definition) is 0. The lowest BCUT2D eigenvalue weighted by molar-refractivity contribution is -0.125. The minimum absolute atomic E-state index is 0.0453. The van der Waals surface area contributed by atoms with E-state index in [4.69, 9.17) is 0 Å². The van der Waals surface area contributed by atoms with Crippen LogP contribution < -0.4 is 0 Å². The summed E-state index contributed by atoms with van der Waals surface area (Å²) in [6.45, 7) is 9.39. The van der Waals surface area contributed by atoms with Crippen LogP contribution in [0.1, 0.15) is 47.5 Å². The molecule has 0 saturated heterocycles. The molecule has 0 fully saturated rings. The molecule has 3 unspecified atom stereocenters. The zero-order chi connectivity index (χ0) is 11.3. The molecular formula is C12H22O2. The Bertz CT molecular complexity index is 208. The van der Waals surface area contributed by atoms with E-state index in [1.54, 1.807) is 13.8 Å². The maximum absolute atomic E-state index is 11.5. The van der Waals surface area contributed by atoms with Crippen molar-refractivity contribution in [2.75, 3.05) is 0 Å². The van der Waals surface area contributed by atoms with Gasteiger partial charge < -0.3 is 4.79 Å². The van der Waals surface area contributed by atoms with E-state index in [0.717, 1.165) is 6.42 Å². The molecule has 0 spiro atoms. The second-order valence-corrected chi connectivity index (χ2v) is 4.41. The number of hydrogen-bond acceptors (Lipinski definition) is 2. The van der Waals surface area contributed by atoms with Crippen LogP contribution in [0, 0.1) is 17.8 Å². The summed E-state index contributed by atoms with van der Waals surface area (Å²) in [5.41, 5.74) is 0. The van der Waals surface area contributed by atoms with Crippen molar-refractivity contribution in [3.05, 3.63) is 0 Å². The highest BCUT2D eigenvalue weighted by Gasteiger charge is 2.27. The Morgan fingerprint density at radius 1 is 1.07 bits per heavy atom. The van der Waals surface area contributed by atoms with Gasteiger partial charge >= 0.3 is 0 Å². The second-order valence-electron chi connectivity index (χ2n) is 4.41. The van der Waals surface area contributed by atoms with Crippen LogP contribution >= 0.6 is 0 Å². The van der Waals surface area contributed by atoms with Gasteiger partial charge in [-0.25, -0.2) is 0 Å². The van der Waals surface area contributed by atoms with Crippen LogP contribution in [0.2, 0.25) is 0 Å². The molecule has 0 amide bonds. The minimum atomic E-state index is 0.0453. The zero-order valence-corrected chi connectivity index (χ0v) is 9.96. The molecule has 0 aromatic carbocycles. The fourth-order valence-corrected chi connectivity index (χ4v) is 2.20. The average molecular weight is 198 g/mol. The third-order valence-corrected chi connectivity index (χ3v) is 2.95. The van der Waals surface area contributed by atoms with Crippen LogP contribution in [-0.4, -0.2) is 11.6 Å². The summed E-state index contributed by atoms with van der Waals surface area (Å²) >= 11 is 0. The van der Waals surface area contributed by atoms with Gasteiger partial charge in [0, 0.05) is 12.3 Å². The lowest BCUT2D eigenvalue weighted by atomic mass is 9.77. The first kappa shape index (κ1) is 13.3. The molecule has 0 rings (SSSR count). The molecule has 0 aliphatic carbocycles. The van der Waals surface area contributed by atoms with Gasteiger partial charge in [-0.05, 0) is 25.7 Å². The largest absolute Gasteiger partial charge is 0.300 e. The van der Waals surface area contributed by atoms with Crippen LogP contribution in [0.4, 0.5) is 0 Å². The number of rotatable bonds is 6. The summed E-state index contributed by atoms with van der Waals surface area (Å²) in [5.74, 6) is 0.992. The van der Waals surface area contributed by atoms with Crippen molar-refractivity contribution in [1.82, 2.24) is 0 Å². The average Bonchev–Trinajstić information content (AvgIpc) is 2.01. The molecule has 0 aromatic rings. The third-order valence-electron chi connectivity index (χ3n) is 2.95. The molecule has 0 bridgehead atoms. The van der Waals surface area contributed by atoms with Gasteiger partial charge in [-0.15, -0.1) is 0 Å². The number of carbonyl (C=O) groups excluding carboxylic acids is 2. The fraction of sp³-hybridized carbons (Fsp3) is 0.833. The predicted octanol–water partition coefficient (Wildman–Crippen LogP) is 2.85. The van der Waals surface area contributed by atoms with Crippen LogP contribution in [-0.2, 0) is 9.59 Å². The maximum Gasteiger partial charge on any atom is 0.133 e. The highest BCUT2D eigenvalue weighted by atomic mass is 16.1. The SMILES string of the molecule is CCC(C)C(C(C)=O)C(C)CC(C)=O. The van der Waals surface area contributed by atoms with Crippen molar-refractivity contribution in [3.63, 3.8) is 0 Å². The van der Waals surface area contributed by atoms with Crippen LogP contribution in [0.15, 0.2) is 0 Å². The molecule has 0 aliphatic rings. The van der Waals surface area contributed by atoms with E-state index in [9.17, 15) is 9.59 Å². The van der Waals surface area contributed by atoms with Gasteiger partial charge in [-0.3, -0.25) is 4.79 Å². The lowest BCUT2D eigenvalue weighted by Crippen LogP contribution is -2.27. The Morgan fingerprint density at radius 2 is 1.57 bits per heavy atom. The molecule has 2 heteroatoms. The van der Waals surface area contributed by atoms with E-state index in [2.05, 4.69) is 13.8 Å². The van der Waals surface area contributed by atoms with E-state index in [1.807, 2.05) is 6.92 Å². The Hall–Kier alpha value is -0.660. The van der Waals surface area contributed by atoms with Gasteiger partial charge in [0.15, 0.2) is 0 Å². The highest BCUT2D eigenvalue weighted by molar-refractivity contribution is 5.81. The normalized spacial score (nSPS) is 17.2. The summed E-state index contributed by atoms with van der Waals surface area (Å²) < 4.78 is 0. The Balaban J connectivity index is 4.48. The van der Waals surface area contributed by atoms with E-state index in [0.29, 0.717) is 12.3 Å². The highest BCUT2D eigenvalue weighted by Crippen LogP contribution is 2.27. The maximum atomic E-state index is 11.5. The molecule has 0 N–H and O–H groups in total. The Kier molecular flexibility index (Phi) is 5.66. The van der Waals surface area contributed by atoms with E-state index in [-0.39, 0.29) is 23.4 Å². The molecule has 2 nitrogen and oxygen atoms in total. The molecule has 0 radical (unpaired) electrons. The molecule has 0 aromatic heterocycles. The second kappa shape index (κ2) is 5.94. The van der Waals surface area contributed by atoms with Crippen molar-refractivity contribution in [3.8, 4) is 0 Å². The Morgan fingerprint density at radius 3 is 1.86 bits per heavy atom. The number of ketones is 2.